The fourth-order valence-corrected chi connectivity index (χ4v) is 3.34. The first kappa shape index (κ1) is 20.4. The van der Waals surface area contributed by atoms with Crippen LogP contribution < -0.4 is 16.0 Å². The predicted molar refractivity (Wildman–Crippen MR) is 107 cm³/mol. The fraction of sp³-hybridized carbons (Fsp3) is 0.0909. The highest BCUT2D eigenvalue weighted by Gasteiger charge is 2.31. The highest BCUT2D eigenvalue weighted by atomic mass is 19.4. The zero-order valence-electron chi connectivity index (χ0n) is 15.8. The molecule has 0 unspecified atom stereocenters. The van der Waals surface area contributed by atoms with E-state index in [9.17, 15) is 27.2 Å². The molecule has 3 aromatic carbocycles. The summed E-state index contributed by atoms with van der Waals surface area (Å²) in [7, 11) is 0. The molecular weight excluding hydrogens is 414 g/mol. The lowest BCUT2D eigenvalue weighted by Gasteiger charge is -2.12. The Labute approximate surface area is 174 Å². The maximum Gasteiger partial charge on any atom is 0.416 e. The van der Waals surface area contributed by atoms with Crippen LogP contribution in [0.5, 0.6) is 0 Å². The Bertz CT molecular complexity index is 1170. The van der Waals surface area contributed by atoms with Crippen LogP contribution in [0.4, 0.5) is 33.7 Å². The van der Waals surface area contributed by atoms with E-state index in [1.807, 2.05) is 6.07 Å². The number of benzene rings is 3. The minimum Gasteiger partial charge on any atom is -0.348 e. The zero-order valence-corrected chi connectivity index (χ0v) is 15.8. The number of hydrogen-bond acceptors (Lipinski definition) is 2. The van der Waals surface area contributed by atoms with Gasteiger partial charge in [-0.15, -0.1) is 0 Å². The molecule has 9 heteroatoms. The van der Waals surface area contributed by atoms with Crippen molar-refractivity contribution in [3.63, 3.8) is 0 Å². The van der Waals surface area contributed by atoms with E-state index in [0.717, 1.165) is 16.7 Å². The summed E-state index contributed by atoms with van der Waals surface area (Å²) in [6.45, 7) is 0.426. The molecule has 5 nitrogen and oxygen atoms in total. The maximum absolute atomic E-state index is 13.8. The van der Waals surface area contributed by atoms with Crippen LogP contribution in [-0.2, 0) is 12.7 Å². The van der Waals surface area contributed by atoms with Gasteiger partial charge >= 0.3 is 12.2 Å². The normalized spacial score (nSPS) is 12.8. The molecule has 0 atom stereocenters. The third kappa shape index (κ3) is 4.20. The van der Waals surface area contributed by atoms with Gasteiger partial charge in [-0.2, -0.15) is 13.2 Å². The number of nitrogens with one attached hydrogen (secondary N) is 3. The van der Waals surface area contributed by atoms with Gasteiger partial charge in [0.25, 0.3) is 5.91 Å². The van der Waals surface area contributed by atoms with Crippen molar-refractivity contribution in [3.8, 4) is 11.1 Å². The lowest BCUT2D eigenvalue weighted by atomic mass is 9.97. The van der Waals surface area contributed by atoms with Gasteiger partial charge in [-0.25, -0.2) is 9.18 Å². The summed E-state index contributed by atoms with van der Waals surface area (Å²) in [5.41, 5.74) is 1.89. The van der Waals surface area contributed by atoms with Crippen molar-refractivity contribution in [1.29, 1.82) is 0 Å². The number of hydrogen-bond donors (Lipinski definition) is 3. The predicted octanol–water partition coefficient (Wildman–Crippen LogP) is 5.40. The van der Waals surface area contributed by atoms with Crippen LogP contribution in [0.2, 0.25) is 0 Å². The first-order valence-electron chi connectivity index (χ1n) is 9.17. The van der Waals surface area contributed by atoms with Crippen LogP contribution in [0.15, 0.2) is 60.7 Å². The SMILES string of the molecule is O=C(Nc1ccc(-c2cccc3c2CNC3=O)cc1)Nc1cc(C(F)(F)F)ccc1F. The maximum atomic E-state index is 13.8. The smallest absolute Gasteiger partial charge is 0.348 e. The van der Waals surface area contributed by atoms with Crippen LogP contribution in [0.3, 0.4) is 0 Å². The number of urea groups is 1. The minimum atomic E-state index is -4.66. The van der Waals surface area contributed by atoms with Crippen LogP contribution in [0.1, 0.15) is 21.5 Å². The molecule has 0 aromatic heterocycles. The van der Waals surface area contributed by atoms with Gasteiger partial charge in [0.2, 0.25) is 0 Å². The Balaban J connectivity index is 1.48. The van der Waals surface area contributed by atoms with Crippen molar-refractivity contribution < 1.29 is 27.2 Å². The van der Waals surface area contributed by atoms with E-state index in [-0.39, 0.29) is 5.91 Å². The molecule has 31 heavy (non-hydrogen) atoms. The van der Waals surface area contributed by atoms with Gasteiger partial charge in [0, 0.05) is 17.8 Å². The minimum absolute atomic E-state index is 0.131. The molecule has 4 rings (SSSR count). The van der Waals surface area contributed by atoms with Crippen molar-refractivity contribution in [3.05, 3.63) is 83.2 Å². The third-order valence-electron chi connectivity index (χ3n) is 4.84. The summed E-state index contributed by atoms with van der Waals surface area (Å²) in [6, 6.07) is 13.0. The standard InChI is InChI=1S/C22H15F4N3O2/c23-18-9-6-13(22(24,25)26)10-19(18)29-21(31)28-14-7-4-12(5-8-14)15-2-1-3-16-17(15)11-27-20(16)30/h1-10H,11H2,(H,27,30)(H2,28,29,31). The zero-order chi connectivity index (χ0) is 22.2. The highest BCUT2D eigenvalue weighted by Crippen LogP contribution is 2.32. The molecular formula is C22H15F4N3O2. The molecule has 3 N–H and O–H groups in total. The molecule has 0 bridgehead atoms. The van der Waals surface area contributed by atoms with Gasteiger partial charge in [-0.05, 0) is 53.1 Å². The Morgan fingerprint density at radius 2 is 1.65 bits per heavy atom. The number of halogens is 4. The van der Waals surface area contributed by atoms with Crippen LogP contribution >= 0.6 is 0 Å². The van der Waals surface area contributed by atoms with Gasteiger partial charge in [0.1, 0.15) is 5.82 Å². The average Bonchev–Trinajstić information content (AvgIpc) is 3.10. The molecule has 0 aliphatic carbocycles. The monoisotopic (exact) mass is 429 g/mol. The summed E-state index contributed by atoms with van der Waals surface area (Å²) in [5, 5.41) is 7.30. The highest BCUT2D eigenvalue weighted by molar-refractivity contribution is 6.01. The molecule has 1 aliphatic rings. The van der Waals surface area contributed by atoms with Crippen LogP contribution in [-0.4, -0.2) is 11.9 Å². The van der Waals surface area contributed by atoms with E-state index in [1.54, 1.807) is 36.4 Å². The van der Waals surface area contributed by atoms with Crippen molar-refractivity contribution in [2.45, 2.75) is 12.7 Å². The van der Waals surface area contributed by atoms with Crippen LogP contribution in [0, 0.1) is 5.82 Å². The first-order valence-corrected chi connectivity index (χ1v) is 9.17. The first-order chi connectivity index (χ1) is 14.7. The third-order valence-corrected chi connectivity index (χ3v) is 4.84. The van der Waals surface area contributed by atoms with Crippen molar-refractivity contribution in [2.75, 3.05) is 10.6 Å². The second-order valence-electron chi connectivity index (χ2n) is 6.86. The van der Waals surface area contributed by atoms with Crippen molar-refractivity contribution >= 4 is 23.3 Å². The quantitative estimate of drug-likeness (QED) is 0.488. The van der Waals surface area contributed by atoms with E-state index in [1.165, 1.54) is 0 Å². The Morgan fingerprint density at radius 3 is 2.35 bits per heavy atom. The van der Waals surface area contributed by atoms with Gasteiger partial charge in [-0.3, -0.25) is 4.79 Å². The van der Waals surface area contributed by atoms with Gasteiger partial charge in [-0.1, -0.05) is 24.3 Å². The van der Waals surface area contributed by atoms with Crippen molar-refractivity contribution in [1.82, 2.24) is 5.32 Å². The number of carbonyl (C=O) groups excluding carboxylic acids is 2. The number of carbonyl (C=O) groups is 2. The summed E-state index contributed by atoms with van der Waals surface area (Å²) in [4.78, 5) is 23.9. The van der Waals surface area contributed by atoms with Gasteiger partial charge < -0.3 is 16.0 Å². The summed E-state index contributed by atoms with van der Waals surface area (Å²) in [6.07, 6.45) is -4.66. The van der Waals surface area contributed by atoms with E-state index in [0.29, 0.717) is 36.0 Å². The molecule has 158 valence electrons. The molecule has 0 fully saturated rings. The summed E-state index contributed by atoms with van der Waals surface area (Å²) in [5.74, 6) is -1.12. The largest absolute Gasteiger partial charge is 0.416 e. The molecule has 3 aromatic rings. The molecule has 0 saturated heterocycles. The molecule has 3 amide bonds. The number of amides is 3. The van der Waals surface area contributed by atoms with E-state index in [2.05, 4.69) is 16.0 Å². The Hall–Kier alpha value is -3.88. The molecule has 0 saturated carbocycles. The van der Waals surface area contributed by atoms with Gasteiger partial charge in [0.15, 0.2) is 0 Å². The molecule has 1 heterocycles. The number of rotatable bonds is 3. The molecule has 0 spiro atoms. The Morgan fingerprint density at radius 1 is 0.935 bits per heavy atom. The van der Waals surface area contributed by atoms with Gasteiger partial charge in [0.05, 0.1) is 11.3 Å². The Kier molecular flexibility index (Phi) is 5.10. The number of anilines is 2. The lowest BCUT2D eigenvalue weighted by molar-refractivity contribution is -0.137. The van der Waals surface area contributed by atoms with Crippen LogP contribution in [0.25, 0.3) is 11.1 Å². The van der Waals surface area contributed by atoms with Crippen molar-refractivity contribution in [2.24, 2.45) is 0 Å². The number of alkyl halides is 3. The summed E-state index contributed by atoms with van der Waals surface area (Å²) < 4.78 is 52.2. The van der Waals surface area contributed by atoms with E-state index in [4.69, 9.17) is 0 Å². The second kappa shape index (κ2) is 7.75. The second-order valence-corrected chi connectivity index (χ2v) is 6.86. The lowest BCUT2D eigenvalue weighted by Crippen LogP contribution is -2.20. The molecule has 1 aliphatic heterocycles. The number of fused-ring (bicyclic) bond motifs is 1. The fourth-order valence-electron chi connectivity index (χ4n) is 3.34. The van der Waals surface area contributed by atoms with E-state index < -0.39 is 29.3 Å². The summed E-state index contributed by atoms with van der Waals surface area (Å²) >= 11 is 0. The molecule has 0 radical (unpaired) electrons. The van der Waals surface area contributed by atoms with E-state index >= 15 is 0 Å². The average molecular weight is 429 g/mol. The topological polar surface area (TPSA) is 70.2 Å².